The molecule has 0 radical (unpaired) electrons. The summed E-state index contributed by atoms with van der Waals surface area (Å²) in [6.45, 7) is 3.43. The molecule has 1 aliphatic heterocycles. The Labute approximate surface area is 142 Å². The van der Waals surface area contributed by atoms with E-state index in [1.807, 2.05) is 0 Å². The van der Waals surface area contributed by atoms with E-state index in [-0.39, 0.29) is 18.9 Å². The van der Waals surface area contributed by atoms with Gasteiger partial charge in [-0.2, -0.15) is 0 Å². The summed E-state index contributed by atoms with van der Waals surface area (Å²) in [7, 11) is 0. The Morgan fingerprint density at radius 1 is 1.60 bits per heavy atom. The summed E-state index contributed by atoms with van der Waals surface area (Å²) >= 11 is 0. The van der Waals surface area contributed by atoms with Crippen LogP contribution >= 0.6 is 0 Å². The predicted molar refractivity (Wildman–Crippen MR) is 86.6 cm³/mol. The highest BCUT2D eigenvalue weighted by Crippen LogP contribution is 2.30. The van der Waals surface area contributed by atoms with Crippen molar-refractivity contribution in [2.75, 3.05) is 6.61 Å². The molecule has 1 saturated heterocycles. The van der Waals surface area contributed by atoms with Crippen LogP contribution in [-0.2, 0) is 14.3 Å². The Morgan fingerprint density at radius 3 is 2.92 bits per heavy atom. The van der Waals surface area contributed by atoms with Crippen molar-refractivity contribution in [3.05, 3.63) is 43.5 Å². The summed E-state index contributed by atoms with van der Waals surface area (Å²) < 4.78 is 12.0. The fourth-order valence-electron chi connectivity index (χ4n) is 2.41. The average molecular weight is 352 g/mol. The van der Waals surface area contributed by atoms with Crippen LogP contribution in [0.2, 0.25) is 0 Å². The van der Waals surface area contributed by atoms with Gasteiger partial charge in [-0.3, -0.25) is 19.1 Å². The monoisotopic (exact) mass is 352 g/mol. The van der Waals surface area contributed by atoms with Gasteiger partial charge in [-0.05, 0) is 11.4 Å². The summed E-state index contributed by atoms with van der Waals surface area (Å²) in [5.74, 6) is -0.666. The number of aromatic amines is 1. The number of hydrogen-bond donors (Lipinski definition) is 2. The molecule has 0 aromatic carbocycles. The van der Waals surface area contributed by atoms with E-state index in [9.17, 15) is 14.4 Å². The van der Waals surface area contributed by atoms with Crippen LogP contribution in [0.15, 0.2) is 27.0 Å². The zero-order valence-electron chi connectivity index (χ0n) is 13.9. The first-order valence-corrected chi connectivity index (χ1v) is 7.76. The van der Waals surface area contributed by atoms with E-state index < -0.39 is 41.6 Å². The molecule has 136 valence electrons. The number of carbonyl (C=O) groups is 1. The number of aromatic nitrogens is 2. The summed E-state index contributed by atoms with van der Waals surface area (Å²) in [5.41, 5.74) is 13.2. The number of nitrogens with one attached hydrogen (secondary N) is 1. The minimum Gasteiger partial charge on any atom is -0.462 e. The lowest BCUT2D eigenvalue weighted by Gasteiger charge is -2.19. The number of nitrogens with zero attached hydrogens (tertiary/aromatic N) is 4. The predicted octanol–water partition coefficient (Wildman–Crippen LogP) is 0.0295. The van der Waals surface area contributed by atoms with E-state index in [4.69, 9.17) is 20.7 Å². The third-order valence-corrected chi connectivity index (χ3v) is 3.95. The maximum Gasteiger partial charge on any atom is 0.330 e. The van der Waals surface area contributed by atoms with Gasteiger partial charge >= 0.3 is 11.7 Å². The normalized spacial score (nSPS) is 23.9. The number of hydrogen-bond acceptors (Lipinski definition) is 7. The van der Waals surface area contributed by atoms with Gasteiger partial charge in [0, 0.05) is 23.6 Å². The molecular formula is C14H20N6O5. The molecule has 4 atom stereocenters. The third-order valence-electron chi connectivity index (χ3n) is 3.95. The molecule has 1 aliphatic rings. The quantitative estimate of drug-likeness (QED) is 0.317. The summed E-state index contributed by atoms with van der Waals surface area (Å²) in [5, 5.41) is 3.63. The van der Waals surface area contributed by atoms with Gasteiger partial charge in [0.15, 0.2) is 0 Å². The Balaban J connectivity index is 2.10. The van der Waals surface area contributed by atoms with E-state index in [0.29, 0.717) is 0 Å². The second-order valence-electron chi connectivity index (χ2n) is 6.05. The molecule has 1 aromatic rings. The molecular weight excluding hydrogens is 332 g/mol. The van der Waals surface area contributed by atoms with Crippen LogP contribution in [0, 0.1) is 5.92 Å². The first-order chi connectivity index (χ1) is 11.8. The van der Waals surface area contributed by atoms with Crippen LogP contribution in [-0.4, -0.2) is 40.3 Å². The Kier molecular flexibility index (Phi) is 5.97. The number of ether oxygens (including phenoxy) is 2. The van der Waals surface area contributed by atoms with Crippen molar-refractivity contribution in [3.63, 3.8) is 0 Å². The lowest BCUT2D eigenvalue weighted by molar-refractivity contribution is -0.151. The van der Waals surface area contributed by atoms with E-state index in [1.165, 1.54) is 16.8 Å². The highest BCUT2D eigenvalue weighted by Gasteiger charge is 2.37. The van der Waals surface area contributed by atoms with E-state index in [0.717, 1.165) is 0 Å². The van der Waals surface area contributed by atoms with Crippen molar-refractivity contribution < 1.29 is 14.3 Å². The molecule has 3 N–H and O–H groups in total. The van der Waals surface area contributed by atoms with E-state index >= 15 is 0 Å². The molecule has 11 heteroatoms. The number of azide groups is 1. The van der Waals surface area contributed by atoms with Gasteiger partial charge in [0.1, 0.15) is 25.0 Å². The molecule has 25 heavy (non-hydrogen) atoms. The number of esters is 1. The molecule has 0 aliphatic carbocycles. The third kappa shape index (κ3) is 4.47. The molecule has 1 unspecified atom stereocenters. The van der Waals surface area contributed by atoms with Gasteiger partial charge < -0.3 is 15.2 Å². The zero-order valence-corrected chi connectivity index (χ0v) is 13.9. The van der Waals surface area contributed by atoms with Crippen molar-refractivity contribution in [1.82, 2.24) is 9.55 Å². The number of rotatable bonds is 6. The van der Waals surface area contributed by atoms with Gasteiger partial charge in [0.05, 0.1) is 6.04 Å². The highest BCUT2D eigenvalue weighted by molar-refractivity contribution is 5.75. The van der Waals surface area contributed by atoms with Gasteiger partial charge in [-0.1, -0.05) is 19.0 Å². The van der Waals surface area contributed by atoms with Crippen LogP contribution in [0.4, 0.5) is 0 Å². The molecule has 2 rings (SSSR count). The fraction of sp³-hybridized carbons (Fsp3) is 0.643. The maximum absolute atomic E-state index is 11.9. The molecule has 0 saturated carbocycles. The largest absolute Gasteiger partial charge is 0.462 e. The molecule has 1 fully saturated rings. The SMILES string of the molecule is CC(C)C(N)C(=O)OC[C@H]1O[C@@H](n2ccc(=O)[nH]c2=O)C[C@@H]1N=[N+]=[N-]. The molecule has 0 amide bonds. The number of carbonyl (C=O) groups excluding carboxylic acids is 1. The van der Waals surface area contributed by atoms with E-state index in [1.54, 1.807) is 13.8 Å². The number of H-pyrrole nitrogens is 1. The topological polar surface area (TPSA) is 165 Å². The van der Waals surface area contributed by atoms with Gasteiger partial charge in [-0.25, -0.2) is 4.79 Å². The summed E-state index contributed by atoms with van der Waals surface area (Å²) in [6.07, 6.45) is 0.0293. The van der Waals surface area contributed by atoms with Gasteiger partial charge in [-0.15, -0.1) is 0 Å². The number of nitrogens with two attached hydrogens (primary N) is 1. The van der Waals surface area contributed by atoms with Crippen LogP contribution in [0.3, 0.4) is 0 Å². The summed E-state index contributed by atoms with van der Waals surface area (Å²) in [4.78, 5) is 39.7. The summed E-state index contributed by atoms with van der Waals surface area (Å²) in [6, 6.07) is -0.212. The molecule has 1 aromatic heterocycles. The minimum absolute atomic E-state index is 0.0857. The highest BCUT2D eigenvalue weighted by atomic mass is 16.6. The van der Waals surface area contributed by atoms with Crippen molar-refractivity contribution in [1.29, 1.82) is 0 Å². The van der Waals surface area contributed by atoms with E-state index in [2.05, 4.69) is 15.0 Å². The zero-order chi connectivity index (χ0) is 18.6. The average Bonchev–Trinajstić information content (AvgIpc) is 2.94. The van der Waals surface area contributed by atoms with Crippen molar-refractivity contribution in [2.45, 2.75) is 44.7 Å². The Morgan fingerprint density at radius 2 is 2.32 bits per heavy atom. The van der Waals surface area contributed by atoms with Crippen LogP contribution in [0.25, 0.3) is 10.4 Å². The molecule has 0 bridgehead atoms. The molecule has 2 heterocycles. The molecule has 0 spiro atoms. The standard InChI is InChI=1S/C14H20N6O5/c1-7(2)12(15)13(22)24-6-9-8(18-19-16)5-11(25-9)20-4-3-10(21)17-14(20)23/h3-4,7-9,11-12H,5-6,15H2,1-2H3,(H,17,21,23)/t8-,9+,11+,12?/m0/s1. The Hall–Kier alpha value is -2.62. The second kappa shape index (κ2) is 7.97. The van der Waals surface area contributed by atoms with Crippen molar-refractivity contribution >= 4 is 5.97 Å². The second-order valence-corrected chi connectivity index (χ2v) is 6.05. The Bertz CT molecular complexity index is 780. The molecule has 11 nitrogen and oxygen atoms in total. The lowest BCUT2D eigenvalue weighted by Crippen LogP contribution is -2.39. The van der Waals surface area contributed by atoms with Gasteiger partial charge in [0.2, 0.25) is 0 Å². The first kappa shape index (κ1) is 18.7. The van der Waals surface area contributed by atoms with Gasteiger partial charge in [0.25, 0.3) is 5.56 Å². The van der Waals surface area contributed by atoms with Crippen molar-refractivity contribution in [3.8, 4) is 0 Å². The van der Waals surface area contributed by atoms with Crippen LogP contribution in [0.1, 0.15) is 26.5 Å². The lowest BCUT2D eigenvalue weighted by atomic mass is 10.1. The fourth-order valence-corrected chi connectivity index (χ4v) is 2.41. The van der Waals surface area contributed by atoms with Crippen LogP contribution in [0.5, 0.6) is 0 Å². The van der Waals surface area contributed by atoms with Crippen molar-refractivity contribution in [2.24, 2.45) is 16.8 Å². The van der Waals surface area contributed by atoms with Crippen LogP contribution < -0.4 is 17.0 Å². The maximum atomic E-state index is 11.9. The smallest absolute Gasteiger partial charge is 0.330 e. The first-order valence-electron chi connectivity index (χ1n) is 7.76. The minimum atomic E-state index is -0.767.